The van der Waals surface area contributed by atoms with Crippen LogP contribution in [0.1, 0.15) is 19.8 Å². The number of benzene rings is 1. The van der Waals surface area contributed by atoms with Crippen LogP contribution < -0.4 is 14.8 Å². The first kappa shape index (κ1) is 15.5. The number of carbonyl (C=O) groups excluding carboxylic acids is 2. The van der Waals surface area contributed by atoms with E-state index in [4.69, 9.17) is 4.74 Å². The number of imide groups is 1. The van der Waals surface area contributed by atoms with Gasteiger partial charge in [-0.25, -0.2) is 8.42 Å². The minimum Gasteiger partial charge on any atom is -0.494 e. The average molecular weight is 312 g/mol. The lowest BCUT2D eigenvalue weighted by Crippen LogP contribution is -2.52. The van der Waals surface area contributed by atoms with Gasteiger partial charge in [0.1, 0.15) is 11.8 Å². The molecule has 1 unspecified atom stereocenters. The van der Waals surface area contributed by atoms with E-state index >= 15 is 0 Å². The molecule has 114 valence electrons. The third kappa shape index (κ3) is 3.79. The summed E-state index contributed by atoms with van der Waals surface area (Å²) in [5.41, 5.74) is 0. The highest BCUT2D eigenvalue weighted by molar-refractivity contribution is 7.89. The molecule has 0 spiro atoms. The molecule has 2 rings (SSSR count). The molecule has 0 radical (unpaired) electrons. The fourth-order valence-corrected chi connectivity index (χ4v) is 3.17. The van der Waals surface area contributed by atoms with Crippen molar-refractivity contribution in [3.05, 3.63) is 24.3 Å². The second-order valence-corrected chi connectivity index (χ2v) is 6.24. The zero-order chi connectivity index (χ0) is 15.5. The number of sulfonamides is 1. The minimum absolute atomic E-state index is 0.0376. The number of carbonyl (C=O) groups is 2. The molecule has 0 aromatic heterocycles. The minimum atomic E-state index is -3.82. The van der Waals surface area contributed by atoms with Crippen LogP contribution in [0.5, 0.6) is 5.75 Å². The third-order valence-electron chi connectivity index (χ3n) is 2.98. The van der Waals surface area contributed by atoms with E-state index in [1.807, 2.05) is 6.92 Å². The summed E-state index contributed by atoms with van der Waals surface area (Å²) in [5.74, 6) is -0.449. The summed E-state index contributed by atoms with van der Waals surface area (Å²) in [4.78, 5) is 22.6. The Hall–Kier alpha value is -1.93. The van der Waals surface area contributed by atoms with E-state index in [9.17, 15) is 18.0 Å². The van der Waals surface area contributed by atoms with E-state index in [0.29, 0.717) is 12.4 Å². The van der Waals surface area contributed by atoms with E-state index in [-0.39, 0.29) is 17.7 Å². The molecule has 1 heterocycles. The van der Waals surface area contributed by atoms with Gasteiger partial charge in [0, 0.05) is 6.42 Å². The van der Waals surface area contributed by atoms with Gasteiger partial charge >= 0.3 is 0 Å². The summed E-state index contributed by atoms with van der Waals surface area (Å²) in [6.07, 6.45) is 0.267. The van der Waals surface area contributed by atoms with Gasteiger partial charge < -0.3 is 4.74 Å². The van der Waals surface area contributed by atoms with Gasteiger partial charge in [0.05, 0.1) is 11.5 Å². The van der Waals surface area contributed by atoms with Crippen LogP contribution in [0, 0.1) is 0 Å². The first-order chi connectivity index (χ1) is 9.92. The highest BCUT2D eigenvalue weighted by Gasteiger charge is 2.30. The van der Waals surface area contributed by atoms with Crippen LogP contribution in [0.15, 0.2) is 29.2 Å². The van der Waals surface area contributed by atoms with Crippen molar-refractivity contribution in [2.45, 2.75) is 30.7 Å². The molecule has 2 N–H and O–H groups in total. The van der Waals surface area contributed by atoms with Crippen LogP contribution in [0.25, 0.3) is 0 Å². The highest BCUT2D eigenvalue weighted by atomic mass is 32.2. The molecule has 1 aliphatic rings. The maximum atomic E-state index is 12.2. The summed E-state index contributed by atoms with van der Waals surface area (Å²) in [6.45, 7) is 2.32. The van der Waals surface area contributed by atoms with Crippen LogP contribution in [0.3, 0.4) is 0 Å². The quantitative estimate of drug-likeness (QED) is 0.755. The van der Waals surface area contributed by atoms with Crippen molar-refractivity contribution in [3.63, 3.8) is 0 Å². The second kappa shape index (κ2) is 6.23. The van der Waals surface area contributed by atoms with Crippen LogP contribution >= 0.6 is 0 Å². The summed E-state index contributed by atoms with van der Waals surface area (Å²) < 4.78 is 31.9. The highest BCUT2D eigenvalue weighted by Crippen LogP contribution is 2.17. The van der Waals surface area contributed by atoms with Crippen molar-refractivity contribution in [1.29, 1.82) is 0 Å². The molecular formula is C13H16N2O5S. The molecule has 1 saturated heterocycles. The van der Waals surface area contributed by atoms with Gasteiger partial charge in [-0.15, -0.1) is 0 Å². The summed E-state index contributed by atoms with van der Waals surface area (Å²) >= 11 is 0. The first-order valence-electron chi connectivity index (χ1n) is 6.51. The Morgan fingerprint density at radius 3 is 2.52 bits per heavy atom. The third-order valence-corrected chi connectivity index (χ3v) is 4.47. The topological polar surface area (TPSA) is 102 Å². The molecule has 0 saturated carbocycles. The second-order valence-electron chi connectivity index (χ2n) is 4.53. The van der Waals surface area contributed by atoms with Crippen molar-refractivity contribution in [2.75, 3.05) is 6.61 Å². The number of nitrogens with one attached hydrogen (secondary N) is 2. The smallest absolute Gasteiger partial charge is 0.244 e. The lowest BCUT2D eigenvalue weighted by Gasteiger charge is -2.21. The molecule has 1 aromatic carbocycles. The Kier molecular flexibility index (Phi) is 4.59. The first-order valence-corrected chi connectivity index (χ1v) is 7.99. The molecule has 21 heavy (non-hydrogen) atoms. The van der Waals surface area contributed by atoms with Crippen LogP contribution in [-0.4, -0.2) is 32.9 Å². The van der Waals surface area contributed by atoms with Gasteiger partial charge in [0.25, 0.3) is 0 Å². The number of rotatable bonds is 5. The summed E-state index contributed by atoms with van der Waals surface area (Å²) in [5, 5.41) is 2.10. The largest absolute Gasteiger partial charge is 0.494 e. The molecule has 1 fully saturated rings. The lowest BCUT2D eigenvalue weighted by atomic mass is 10.1. The van der Waals surface area contributed by atoms with Crippen LogP contribution in [-0.2, 0) is 19.6 Å². The number of hydrogen-bond acceptors (Lipinski definition) is 5. The van der Waals surface area contributed by atoms with Gasteiger partial charge in [-0.2, -0.15) is 4.72 Å². The van der Waals surface area contributed by atoms with Gasteiger partial charge in [-0.3, -0.25) is 14.9 Å². The maximum absolute atomic E-state index is 12.2. The monoisotopic (exact) mass is 312 g/mol. The predicted molar refractivity (Wildman–Crippen MR) is 74.1 cm³/mol. The van der Waals surface area contributed by atoms with Gasteiger partial charge in [0.15, 0.2) is 0 Å². The van der Waals surface area contributed by atoms with E-state index in [1.165, 1.54) is 12.1 Å². The van der Waals surface area contributed by atoms with E-state index in [2.05, 4.69) is 10.0 Å². The summed E-state index contributed by atoms with van der Waals surface area (Å²) in [6, 6.07) is 4.96. The molecule has 7 nitrogen and oxygen atoms in total. The Morgan fingerprint density at radius 1 is 1.29 bits per heavy atom. The Labute approximate surface area is 122 Å². The molecule has 1 aromatic rings. The van der Waals surface area contributed by atoms with Crippen molar-refractivity contribution in [3.8, 4) is 5.75 Å². The molecule has 1 atom stereocenters. The van der Waals surface area contributed by atoms with Crippen LogP contribution in [0.2, 0.25) is 0 Å². The van der Waals surface area contributed by atoms with Crippen LogP contribution in [0.4, 0.5) is 0 Å². The number of amides is 2. The van der Waals surface area contributed by atoms with E-state index < -0.39 is 27.9 Å². The van der Waals surface area contributed by atoms with Gasteiger partial charge in [0.2, 0.25) is 21.8 Å². The summed E-state index contributed by atoms with van der Waals surface area (Å²) in [7, 11) is -3.82. The zero-order valence-electron chi connectivity index (χ0n) is 11.5. The maximum Gasteiger partial charge on any atom is 0.244 e. The molecule has 0 aliphatic carbocycles. The SMILES string of the molecule is CCOc1ccc(S(=O)(=O)NC2CCC(=O)NC2=O)cc1. The normalized spacial score (nSPS) is 19.2. The molecule has 8 heteroatoms. The standard InChI is InChI=1S/C13H16N2O5S/c1-2-20-9-3-5-10(6-4-9)21(18,19)15-11-7-8-12(16)14-13(11)17/h3-6,11,15H,2,7-8H2,1H3,(H,14,16,17). The fraction of sp³-hybridized carbons (Fsp3) is 0.385. The van der Waals surface area contributed by atoms with Crippen molar-refractivity contribution >= 4 is 21.8 Å². The Bertz CT molecular complexity index is 639. The van der Waals surface area contributed by atoms with Gasteiger partial charge in [-0.05, 0) is 37.6 Å². The van der Waals surface area contributed by atoms with Gasteiger partial charge in [-0.1, -0.05) is 0 Å². The predicted octanol–water partition coefficient (Wildman–Crippen LogP) is 0.169. The molecule has 2 amide bonds. The number of ether oxygens (including phenoxy) is 1. The fourth-order valence-electron chi connectivity index (χ4n) is 1.94. The zero-order valence-corrected chi connectivity index (χ0v) is 12.3. The van der Waals surface area contributed by atoms with Crippen molar-refractivity contribution in [1.82, 2.24) is 10.0 Å². The Balaban J connectivity index is 2.11. The molecular weight excluding hydrogens is 296 g/mol. The van der Waals surface area contributed by atoms with Crippen molar-refractivity contribution < 1.29 is 22.7 Å². The Morgan fingerprint density at radius 2 is 1.95 bits per heavy atom. The van der Waals surface area contributed by atoms with E-state index in [0.717, 1.165) is 0 Å². The number of piperidine rings is 1. The van der Waals surface area contributed by atoms with E-state index in [1.54, 1.807) is 12.1 Å². The lowest BCUT2D eigenvalue weighted by molar-refractivity contribution is -0.134. The van der Waals surface area contributed by atoms with Crippen molar-refractivity contribution in [2.24, 2.45) is 0 Å². The molecule has 0 bridgehead atoms. The molecule has 1 aliphatic heterocycles. The average Bonchev–Trinajstić information content (AvgIpc) is 2.43. The number of hydrogen-bond donors (Lipinski definition) is 2.